The molecule has 2 rings (SSSR count). The van der Waals surface area contributed by atoms with Gasteiger partial charge in [0.2, 0.25) is 0 Å². The van der Waals surface area contributed by atoms with E-state index < -0.39 is 6.43 Å². The standard InChI is InChI=1S/C12H14ClF2N/c13-10-7-8(12(14)15)4-5-9(10)11-3-1-2-6-16-11/h4-5,7,11-12,16H,1-3,6H2. The molecule has 16 heavy (non-hydrogen) atoms. The molecular weight excluding hydrogens is 232 g/mol. The number of hydrogen-bond donors (Lipinski definition) is 1. The second-order valence-electron chi connectivity index (χ2n) is 4.08. The first-order chi connectivity index (χ1) is 7.68. The van der Waals surface area contributed by atoms with Crippen LogP contribution in [0.5, 0.6) is 0 Å². The van der Waals surface area contributed by atoms with E-state index in [4.69, 9.17) is 11.6 Å². The van der Waals surface area contributed by atoms with Crippen molar-refractivity contribution in [3.05, 3.63) is 34.3 Å². The van der Waals surface area contributed by atoms with Gasteiger partial charge in [0.15, 0.2) is 0 Å². The summed E-state index contributed by atoms with van der Waals surface area (Å²) in [4.78, 5) is 0. The fraction of sp³-hybridized carbons (Fsp3) is 0.500. The Morgan fingerprint density at radius 3 is 2.69 bits per heavy atom. The molecule has 1 atom stereocenters. The molecule has 1 aromatic rings. The zero-order valence-corrected chi connectivity index (χ0v) is 9.61. The van der Waals surface area contributed by atoms with Crippen molar-refractivity contribution in [2.24, 2.45) is 0 Å². The maximum Gasteiger partial charge on any atom is 0.263 e. The number of alkyl halides is 2. The van der Waals surface area contributed by atoms with Crippen LogP contribution in [0.1, 0.15) is 42.9 Å². The van der Waals surface area contributed by atoms with Crippen LogP contribution in [-0.4, -0.2) is 6.54 Å². The van der Waals surface area contributed by atoms with Crippen LogP contribution in [0, 0.1) is 0 Å². The van der Waals surface area contributed by atoms with E-state index in [1.807, 2.05) is 0 Å². The fourth-order valence-corrected chi connectivity index (χ4v) is 2.40. The van der Waals surface area contributed by atoms with Crippen LogP contribution in [0.2, 0.25) is 5.02 Å². The Labute approximate surface area is 98.8 Å². The molecule has 0 amide bonds. The van der Waals surface area contributed by atoms with E-state index in [1.54, 1.807) is 6.07 Å². The van der Waals surface area contributed by atoms with Crippen LogP contribution in [-0.2, 0) is 0 Å². The Hall–Kier alpha value is -0.670. The van der Waals surface area contributed by atoms with E-state index in [9.17, 15) is 8.78 Å². The average molecular weight is 246 g/mol. The number of nitrogens with one attached hydrogen (secondary N) is 1. The molecular formula is C12H14ClF2N. The van der Waals surface area contributed by atoms with Gasteiger partial charge in [0.1, 0.15) is 0 Å². The minimum atomic E-state index is -2.45. The lowest BCUT2D eigenvalue weighted by molar-refractivity contribution is 0.151. The third kappa shape index (κ3) is 2.53. The number of hydrogen-bond acceptors (Lipinski definition) is 1. The van der Waals surface area contributed by atoms with Crippen molar-refractivity contribution in [3.63, 3.8) is 0 Å². The van der Waals surface area contributed by atoms with E-state index in [0.717, 1.165) is 24.9 Å². The molecule has 1 N–H and O–H groups in total. The molecule has 0 aliphatic carbocycles. The molecule has 1 saturated heterocycles. The van der Waals surface area contributed by atoms with Crippen molar-refractivity contribution < 1.29 is 8.78 Å². The van der Waals surface area contributed by atoms with Crippen molar-refractivity contribution in [2.75, 3.05) is 6.54 Å². The quantitative estimate of drug-likeness (QED) is 0.828. The normalized spacial score (nSPS) is 21.4. The van der Waals surface area contributed by atoms with E-state index >= 15 is 0 Å². The molecule has 1 aliphatic rings. The van der Waals surface area contributed by atoms with Crippen LogP contribution in [0.25, 0.3) is 0 Å². The van der Waals surface area contributed by atoms with Crippen molar-refractivity contribution in [3.8, 4) is 0 Å². The Morgan fingerprint density at radius 2 is 2.12 bits per heavy atom. The maximum atomic E-state index is 12.4. The molecule has 1 fully saturated rings. The van der Waals surface area contributed by atoms with Gasteiger partial charge in [0.25, 0.3) is 6.43 Å². The minimum absolute atomic E-state index is 0.00967. The summed E-state index contributed by atoms with van der Waals surface area (Å²) in [7, 11) is 0. The first kappa shape index (κ1) is 11.8. The lowest BCUT2D eigenvalue weighted by Crippen LogP contribution is -2.26. The summed E-state index contributed by atoms with van der Waals surface area (Å²) < 4.78 is 24.9. The molecule has 1 nitrogen and oxygen atoms in total. The van der Waals surface area contributed by atoms with E-state index in [0.29, 0.717) is 5.02 Å². The highest BCUT2D eigenvalue weighted by atomic mass is 35.5. The van der Waals surface area contributed by atoms with E-state index in [-0.39, 0.29) is 11.6 Å². The van der Waals surface area contributed by atoms with Gasteiger partial charge in [-0.05, 0) is 31.0 Å². The summed E-state index contributed by atoms with van der Waals surface area (Å²) >= 11 is 6.03. The van der Waals surface area contributed by atoms with Crippen LogP contribution in [0.3, 0.4) is 0 Å². The Balaban J connectivity index is 2.21. The highest BCUT2D eigenvalue weighted by Gasteiger charge is 2.18. The van der Waals surface area contributed by atoms with Crippen molar-refractivity contribution >= 4 is 11.6 Å². The average Bonchev–Trinajstić information content (AvgIpc) is 2.30. The third-order valence-electron chi connectivity index (χ3n) is 2.96. The van der Waals surface area contributed by atoms with Gasteiger partial charge in [-0.25, -0.2) is 8.78 Å². The fourth-order valence-electron chi connectivity index (χ4n) is 2.08. The summed E-state index contributed by atoms with van der Waals surface area (Å²) in [6, 6.07) is 4.76. The molecule has 4 heteroatoms. The van der Waals surface area contributed by atoms with Gasteiger partial charge in [0.05, 0.1) is 0 Å². The van der Waals surface area contributed by atoms with Gasteiger partial charge >= 0.3 is 0 Å². The zero-order valence-electron chi connectivity index (χ0n) is 8.85. The van der Waals surface area contributed by atoms with Gasteiger partial charge < -0.3 is 5.32 Å². The molecule has 0 aromatic heterocycles. The highest BCUT2D eigenvalue weighted by molar-refractivity contribution is 6.31. The molecule has 0 radical (unpaired) electrons. The molecule has 1 heterocycles. The molecule has 0 spiro atoms. The molecule has 88 valence electrons. The number of rotatable bonds is 2. The molecule has 1 aromatic carbocycles. The topological polar surface area (TPSA) is 12.0 Å². The SMILES string of the molecule is FC(F)c1ccc(C2CCCCN2)c(Cl)c1. The van der Waals surface area contributed by atoms with Crippen molar-refractivity contribution in [2.45, 2.75) is 31.7 Å². The van der Waals surface area contributed by atoms with Crippen LogP contribution >= 0.6 is 11.6 Å². The van der Waals surface area contributed by atoms with E-state index in [2.05, 4.69) is 5.32 Å². The lowest BCUT2D eigenvalue weighted by Gasteiger charge is -2.24. The lowest BCUT2D eigenvalue weighted by atomic mass is 9.96. The zero-order chi connectivity index (χ0) is 11.5. The summed E-state index contributed by atoms with van der Waals surface area (Å²) in [5.74, 6) is 0. The third-order valence-corrected chi connectivity index (χ3v) is 3.29. The highest BCUT2D eigenvalue weighted by Crippen LogP contribution is 2.31. The van der Waals surface area contributed by atoms with Gasteiger partial charge in [-0.3, -0.25) is 0 Å². The van der Waals surface area contributed by atoms with Gasteiger partial charge in [-0.15, -0.1) is 0 Å². The smallest absolute Gasteiger partial charge is 0.263 e. The Kier molecular flexibility index (Phi) is 3.77. The molecule has 1 unspecified atom stereocenters. The first-order valence-corrected chi connectivity index (χ1v) is 5.87. The second-order valence-corrected chi connectivity index (χ2v) is 4.49. The van der Waals surface area contributed by atoms with Gasteiger partial charge in [-0.1, -0.05) is 30.2 Å². The summed E-state index contributed by atoms with van der Waals surface area (Å²) in [6.45, 7) is 0.970. The number of benzene rings is 1. The summed E-state index contributed by atoms with van der Waals surface area (Å²) in [5.41, 5.74) is 0.926. The minimum Gasteiger partial charge on any atom is -0.310 e. The largest absolute Gasteiger partial charge is 0.310 e. The molecule has 0 saturated carbocycles. The summed E-state index contributed by atoms with van der Waals surface area (Å²) in [6.07, 6.45) is 0.896. The number of halogens is 3. The molecule has 1 aliphatic heterocycles. The predicted molar refractivity (Wildman–Crippen MR) is 61.0 cm³/mol. The maximum absolute atomic E-state index is 12.4. The van der Waals surface area contributed by atoms with Crippen molar-refractivity contribution in [1.29, 1.82) is 0 Å². The van der Waals surface area contributed by atoms with Crippen molar-refractivity contribution in [1.82, 2.24) is 5.32 Å². The number of piperidine rings is 1. The van der Waals surface area contributed by atoms with Gasteiger partial charge in [-0.2, -0.15) is 0 Å². The first-order valence-electron chi connectivity index (χ1n) is 5.49. The Bertz CT molecular complexity index is 362. The van der Waals surface area contributed by atoms with Crippen LogP contribution in [0.15, 0.2) is 18.2 Å². The Morgan fingerprint density at radius 1 is 1.31 bits per heavy atom. The molecule has 0 bridgehead atoms. The van der Waals surface area contributed by atoms with E-state index in [1.165, 1.54) is 18.6 Å². The second kappa shape index (κ2) is 5.11. The van der Waals surface area contributed by atoms with Gasteiger partial charge in [0, 0.05) is 16.6 Å². The predicted octanol–water partition coefficient (Wildman–Crippen LogP) is 4.09. The van der Waals surface area contributed by atoms with Crippen LogP contribution in [0.4, 0.5) is 8.78 Å². The van der Waals surface area contributed by atoms with Crippen LogP contribution < -0.4 is 5.32 Å². The summed E-state index contributed by atoms with van der Waals surface area (Å²) in [5, 5.41) is 3.79. The monoisotopic (exact) mass is 245 g/mol.